The summed E-state index contributed by atoms with van der Waals surface area (Å²) in [6, 6.07) is 6.94. The summed E-state index contributed by atoms with van der Waals surface area (Å²) in [6.45, 7) is -0.805. The summed E-state index contributed by atoms with van der Waals surface area (Å²) in [5.41, 5.74) is 0.882. The molecule has 1 fully saturated rings. The molecule has 5 nitrogen and oxygen atoms in total. The first kappa shape index (κ1) is 19.5. The summed E-state index contributed by atoms with van der Waals surface area (Å²) in [4.78, 5) is 11.8. The monoisotopic (exact) mass is 360 g/mol. The summed E-state index contributed by atoms with van der Waals surface area (Å²) in [5, 5.41) is 14.1. The molecule has 1 saturated carbocycles. The van der Waals surface area contributed by atoms with Crippen LogP contribution < -0.4 is 10.6 Å². The molecule has 1 atom stereocenters. The third kappa shape index (κ3) is 6.55. The second-order valence-electron chi connectivity index (χ2n) is 6.20. The van der Waals surface area contributed by atoms with Crippen molar-refractivity contribution in [2.75, 3.05) is 6.61 Å². The summed E-state index contributed by atoms with van der Waals surface area (Å²) in [5.74, 6) is 0. The maximum Gasteiger partial charge on any atom is 0.407 e. The van der Waals surface area contributed by atoms with Crippen molar-refractivity contribution in [1.82, 2.24) is 10.6 Å². The van der Waals surface area contributed by atoms with Crippen LogP contribution in [0.3, 0.4) is 0 Å². The van der Waals surface area contributed by atoms with Gasteiger partial charge in [-0.15, -0.1) is 0 Å². The maximum absolute atomic E-state index is 12.7. The number of rotatable bonds is 6. The average molecular weight is 360 g/mol. The number of carbonyl (C=O) groups is 1. The number of hydrogen-bond donors (Lipinski definition) is 3. The van der Waals surface area contributed by atoms with Gasteiger partial charge in [-0.25, -0.2) is 4.79 Å². The van der Waals surface area contributed by atoms with Gasteiger partial charge in [-0.1, -0.05) is 30.3 Å². The van der Waals surface area contributed by atoms with Crippen LogP contribution in [0.25, 0.3) is 0 Å². The first-order valence-corrected chi connectivity index (χ1v) is 8.29. The van der Waals surface area contributed by atoms with Gasteiger partial charge in [0.25, 0.3) is 0 Å². The fourth-order valence-electron chi connectivity index (χ4n) is 2.87. The number of amides is 1. The molecule has 0 saturated heterocycles. The van der Waals surface area contributed by atoms with E-state index in [2.05, 4.69) is 10.6 Å². The number of aliphatic hydroxyl groups excluding tert-OH is 1. The molecule has 1 unspecified atom stereocenters. The standard InChI is InChI=1S/C17H23F3N2O3/c18-17(19,20)15(10-23)21-13-6-8-14(9-7-13)22-16(24)25-11-12-4-2-1-3-5-12/h1-5,13-15,21,23H,6-11H2,(H,22,24). The van der Waals surface area contributed by atoms with Gasteiger partial charge in [0.2, 0.25) is 0 Å². The molecule has 0 aliphatic heterocycles. The van der Waals surface area contributed by atoms with E-state index < -0.39 is 24.9 Å². The van der Waals surface area contributed by atoms with E-state index in [1.54, 1.807) is 0 Å². The minimum absolute atomic E-state index is 0.111. The van der Waals surface area contributed by atoms with Crippen LogP contribution in [-0.2, 0) is 11.3 Å². The van der Waals surface area contributed by atoms with Gasteiger partial charge in [-0.3, -0.25) is 0 Å². The highest BCUT2D eigenvalue weighted by Crippen LogP contribution is 2.24. The molecule has 25 heavy (non-hydrogen) atoms. The molecule has 1 amide bonds. The lowest BCUT2D eigenvalue weighted by atomic mass is 9.91. The molecule has 3 N–H and O–H groups in total. The molecule has 8 heteroatoms. The third-order valence-corrected chi connectivity index (χ3v) is 4.28. The number of alkyl carbamates (subject to hydrolysis) is 1. The maximum atomic E-state index is 12.7. The van der Waals surface area contributed by atoms with Crippen molar-refractivity contribution in [3.8, 4) is 0 Å². The average Bonchev–Trinajstić information content (AvgIpc) is 2.59. The van der Waals surface area contributed by atoms with E-state index in [0.717, 1.165) is 5.56 Å². The Labute approximate surface area is 144 Å². The quantitative estimate of drug-likeness (QED) is 0.730. The largest absolute Gasteiger partial charge is 0.445 e. The van der Waals surface area contributed by atoms with Gasteiger partial charge in [0.15, 0.2) is 0 Å². The van der Waals surface area contributed by atoms with Crippen LogP contribution in [0, 0.1) is 0 Å². The van der Waals surface area contributed by atoms with Crippen LogP contribution in [0.2, 0.25) is 0 Å². The minimum Gasteiger partial charge on any atom is -0.445 e. The van der Waals surface area contributed by atoms with Crippen LogP contribution in [0.4, 0.5) is 18.0 Å². The lowest BCUT2D eigenvalue weighted by molar-refractivity contribution is -0.166. The third-order valence-electron chi connectivity index (χ3n) is 4.28. The van der Waals surface area contributed by atoms with Gasteiger partial charge < -0.3 is 20.5 Å². The van der Waals surface area contributed by atoms with Gasteiger partial charge in [0.05, 0.1) is 6.61 Å². The first-order valence-electron chi connectivity index (χ1n) is 8.29. The van der Waals surface area contributed by atoms with E-state index >= 15 is 0 Å². The topological polar surface area (TPSA) is 70.6 Å². The number of ether oxygens (including phenoxy) is 1. The first-order chi connectivity index (χ1) is 11.9. The number of aliphatic hydroxyl groups is 1. The van der Waals surface area contributed by atoms with Gasteiger partial charge in [0.1, 0.15) is 12.6 Å². The fraction of sp³-hybridized carbons (Fsp3) is 0.588. The molecule has 0 spiro atoms. The number of nitrogens with one attached hydrogen (secondary N) is 2. The zero-order valence-electron chi connectivity index (χ0n) is 13.8. The van der Waals surface area contributed by atoms with Crippen molar-refractivity contribution < 1.29 is 27.8 Å². The molecular weight excluding hydrogens is 337 g/mol. The highest BCUT2D eigenvalue weighted by atomic mass is 19.4. The predicted octanol–water partition coefficient (Wildman–Crippen LogP) is 2.74. The van der Waals surface area contributed by atoms with E-state index in [4.69, 9.17) is 9.84 Å². The van der Waals surface area contributed by atoms with E-state index in [9.17, 15) is 18.0 Å². The lowest BCUT2D eigenvalue weighted by Crippen LogP contribution is -2.51. The number of halogens is 3. The van der Waals surface area contributed by atoms with Gasteiger partial charge in [0, 0.05) is 12.1 Å². The molecule has 140 valence electrons. The number of alkyl halides is 3. The van der Waals surface area contributed by atoms with Crippen molar-refractivity contribution in [2.24, 2.45) is 0 Å². The van der Waals surface area contributed by atoms with E-state index in [1.165, 1.54) is 0 Å². The Kier molecular flexibility index (Phi) is 7.07. The minimum atomic E-state index is -4.47. The van der Waals surface area contributed by atoms with Crippen molar-refractivity contribution in [3.63, 3.8) is 0 Å². The van der Waals surface area contributed by atoms with Gasteiger partial charge in [-0.2, -0.15) is 13.2 Å². The van der Waals surface area contributed by atoms with Gasteiger partial charge >= 0.3 is 12.3 Å². The van der Waals surface area contributed by atoms with Crippen LogP contribution in [0.15, 0.2) is 30.3 Å². The summed E-state index contributed by atoms with van der Waals surface area (Å²) in [7, 11) is 0. The smallest absolute Gasteiger partial charge is 0.407 e. The van der Waals surface area contributed by atoms with Gasteiger partial charge in [-0.05, 0) is 31.2 Å². The van der Waals surface area contributed by atoms with Crippen molar-refractivity contribution >= 4 is 6.09 Å². The number of benzene rings is 1. The molecule has 0 heterocycles. The molecule has 1 aromatic carbocycles. The Morgan fingerprint density at radius 2 is 1.76 bits per heavy atom. The molecule has 0 radical (unpaired) electrons. The van der Waals surface area contributed by atoms with Crippen LogP contribution in [0.1, 0.15) is 31.2 Å². The molecule has 0 bridgehead atoms. The summed E-state index contributed by atoms with van der Waals surface area (Å²) < 4.78 is 43.1. The van der Waals surface area contributed by atoms with Crippen molar-refractivity contribution in [3.05, 3.63) is 35.9 Å². The summed E-state index contributed by atoms with van der Waals surface area (Å²) >= 11 is 0. The Morgan fingerprint density at radius 1 is 1.16 bits per heavy atom. The second kappa shape index (κ2) is 9.05. The SMILES string of the molecule is O=C(NC1CCC(NC(CO)C(F)(F)F)CC1)OCc1ccccc1. The van der Waals surface area contributed by atoms with Crippen LogP contribution >= 0.6 is 0 Å². The molecule has 1 aliphatic carbocycles. The molecular formula is C17H23F3N2O3. The lowest BCUT2D eigenvalue weighted by Gasteiger charge is -2.32. The second-order valence-corrected chi connectivity index (χ2v) is 6.20. The van der Waals surface area contributed by atoms with Crippen molar-refractivity contribution in [2.45, 2.75) is 56.6 Å². The molecule has 1 aliphatic rings. The van der Waals surface area contributed by atoms with E-state index in [0.29, 0.717) is 25.7 Å². The fourth-order valence-corrected chi connectivity index (χ4v) is 2.87. The Balaban J connectivity index is 1.68. The van der Waals surface area contributed by atoms with E-state index in [-0.39, 0.29) is 18.7 Å². The zero-order chi connectivity index (χ0) is 18.3. The highest BCUT2D eigenvalue weighted by molar-refractivity contribution is 5.67. The number of hydrogen-bond acceptors (Lipinski definition) is 4. The summed E-state index contributed by atoms with van der Waals surface area (Å²) in [6.07, 6.45) is -2.87. The Bertz CT molecular complexity index is 532. The van der Waals surface area contributed by atoms with Crippen molar-refractivity contribution in [1.29, 1.82) is 0 Å². The normalized spacial score (nSPS) is 22.2. The Morgan fingerprint density at radius 3 is 2.32 bits per heavy atom. The predicted molar refractivity (Wildman–Crippen MR) is 85.9 cm³/mol. The van der Waals surface area contributed by atoms with Crippen LogP contribution in [-0.4, -0.2) is 42.1 Å². The van der Waals surface area contributed by atoms with Crippen LogP contribution in [0.5, 0.6) is 0 Å². The molecule has 2 rings (SSSR count). The molecule has 1 aromatic rings. The highest BCUT2D eigenvalue weighted by Gasteiger charge is 2.40. The Hall–Kier alpha value is -1.80. The molecule has 0 aromatic heterocycles. The zero-order valence-corrected chi connectivity index (χ0v) is 13.8. The van der Waals surface area contributed by atoms with E-state index in [1.807, 2.05) is 30.3 Å². The number of carbonyl (C=O) groups excluding carboxylic acids is 1.